The van der Waals surface area contributed by atoms with Gasteiger partial charge in [0.2, 0.25) is 11.9 Å². The molecule has 2 aromatic heterocycles. The predicted molar refractivity (Wildman–Crippen MR) is 119 cm³/mol. The largest absolute Gasteiger partial charge is 0.371 e. The molecule has 0 aliphatic carbocycles. The number of benzene rings is 1. The molecule has 3 heterocycles. The van der Waals surface area contributed by atoms with E-state index in [0.717, 1.165) is 29.9 Å². The van der Waals surface area contributed by atoms with Crippen molar-refractivity contribution in [2.24, 2.45) is 5.73 Å². The Bertz CT molecular complexity index is 1180. The first-order valence-electron chi connectivity index (χ1n) is 9.87. The molecule has 0 radical (unpaired) electrons. The van der Waals surface area contributed by atoms with Crippen molar-refractivity contribution in [3.8, 4) is 0 Å². The third kappa shape index (κ3) is 3.06. The molecule has 1 aromatic carbocycles. The zero-order valence-corrected chi connectivity index (χ0v) is 18.9. The zero-order valence-electron chi connectivity index (χ0n) is 17.4. The molecule has 3 N–H and O–H groups in total. The van der Waals surface area contributed by atoms with E-state index in [1.807, 2.05) is 20.9 Å². The zero-order chi connectivity index (χ0) is 21.7. The molecule has 1 atom stereocenters. The highest BCUT2D eigenvalue weighted by atomic mass is 79.9. The van der Waals surface area contributed by atoms with Gasteiger partial charge in [-0.3, -0.25) is 19.6 Å². The Hall–Kier alpha value is -2.88. The van der Waals surface area contributed by atoms with Crippen LogP contribution in [0.4, 0.5) is 11.6 Å². The predicted octanol–water partition coefficient (Wildman–Crippen LogP) is 3.08. The van der Waals surface area contributed by atoms with E-state index in [1.165, 1.54) is 0 Å². The van der Waals surface area contributed by atoms with Crippen molar-refractivity contribution in [3.63, 3.8) is 0 Å². The maximum atomic E-state index is 13.2. The molecule has 1 aliphatic heterocycles. The van der Waals surface area contributed by atoms with Crippen LogP contribution in [-0.4, -0.2) is 44.7 Å². The number of nitrogens with one attached hydrogen (secondary N) is 1. The second-order valence-electron chi connectivity index (χ2n) is 7.49. The lowest BCUT2D eigenvalue weighted by Crippen LogP contribution is -2.33. The number of anilines is 2. The van der Waals surface area contributed by atoms with Crippen molar-refractivity contribution in [1.82, 2.24) is 19.3 Å². The second kappa shape index (κ2) is 7.42. The van der Waals surface area contributed by atoms with Crippen LogP contribution in [0, 0.1) is 6.92 Å². The summed E-state index contributed by atoms with van der Waals surface area (Å²) in [5.41, 5.74) is 9.50. The van der Waals surface area contributed by atoms with Gasteiger partial charge in [0.25, 0.3) is 5.91 Å². The van der Waals surface area contributed by atoms with E-state index in [9.17, 15) is 9.59 Å². The Balaban J connectivity index is 1.86. The second-order valence-corrected chi connectivity index (χ2v) is 8.29. The SMILES string of the molecule is CC[C@H]1CN(C)c2cc(C(N)=O)cc3nc(NC(=O)c4c(Br)c(C)nn4CC)n1c23. The molecule has 3 aromatic rings. The van der Waals surface area contributed by atoms with Crippen molar-refractivity contribution in [3.05, 3.63) is 33.6 Å². The number of halogens is 1. The van der Waals surface area contributed by atoms with E-state index in [4.69, 9.17) is 5.73 Å². The van der Waals surface area contributed by atoms with Gasteiger partial charge in [-0.05, 0) is 48.3 Å². The molecule has 0 saturated heterocycles. The number of carbonyl (C=O) groups is 2. The molecule has 9 nitrogen and oxygen atoms in total. The summed E-state index contributed by atoms with van der Waals surface area (Å²) in [7, 11) is 1.98. The molecule has 4 rings (SSSR count). The molecule has 158 valence electrons. The van der Waals surface area contributed by atoms with Crippen LogP contribution in [-0.2, 0) is 6.54 Å². The van der Waals surface area contributed by atoms with Gasteiger partial charge in [0.1, 0.15) is 5.69 Å². The van der Waals surface area contributed by atoms with Crippen LogP contribution in [0.25, 0.3) is 11.0 Å². The molecule has 10 heteroatoms. The maximum Gasteiger partial charge on any atom is 0.277 e. The fraction of sp³-hybridized carbons (Fsp3) is 0.400. The number of hydrogen-bond donors (Lipinski definition) is 2. The topological polar surface area (TPSA) is 111 Å². The van der Waals surface area contributed by atoms with Gasteiger partial charge < -0.3 is 15.2 Å². The lowest BCUT2D eigenvalue weighted by molar-refractivity contribution is 0.0995. The molecule has 0 spiro atoms. The average Bonchev–Trinajstić information content (AvgIpc) is 3.21. The first-order chi connectivity index (χ1) is 14.3. The molecular weight excluding hydrogens is 450 g/mol. The summed E-state index contributed by atoms with van der Waals surface area (Å²) in [5.74, 6) is -0.349. The number of rotatable bonds is 5. The van der Waals surface area contributed by atoms with E-state index < -0.39 is 5.91 Å². The third-order valence-corrected chi connectivity index (χ3v) is 6.53. The molecule has 0 saturated carbocycles. The van der Waals surface area contributed by atoms with E-state index in [-0.39, 0.29) is 11.9 Å². The summed E-state index contributed by atoms with van der Waals surface area (Å²) >= 11 is 3.48. The number of aromatic nitrogens is 4. The summed E-state index contributed by atoms with van der Waals surface area (Å²) in [6.07, 6.45) is 0.866. The smallest absolute Gasteiger partial charge is 0.277 e. The lowest BCUT2D eigenvalue weighted by atomic mass is 10.1. The van der Waals surface area contributed by atoms with E-state index >= 15 is 0 Å². The van der Waals surface area contributed by atoms with Crippen molar-refractivity contribution in [1.29, 1.82) is 0 Å². The van der Waals surface area contributed by atoms with Crippen LogP contribution in [0.15, 0.2) is 16.6 Å². The third-order valence-electron chi connectivity index (χ3n) is 5.58. The van der Waals surface area contributed by atoms with Crippen molar-refractivity contribution in [2.75, 3.05) is 23.8 Å². The Morgan fingerprint density at radius 1 is 1.33 bits per heavy atom. The normalized spacial score (nSPS) is 15.6. The lowest BCUT2D eigenvalue weighted by Gasteiger charge is -2.33. The minimum absolute atomic E-state index is 0.128. The van der Waals surface area contributed by atoms with Gasteiger partial charge in [0.15, 0.2) is 0 Å². The summed E-state index contributed by atoms with van der Waals surface area (Å²) < 4.78 is 4.39. The van der Waals surface area contributed by atoms with E-state index in [2.05, 4.69) is 47.7 Å². The van der Waals surface area contributed by atoms with Crippen molar-refractivity contribution >= 4 is 50.4 Å². The van der Waals surface area contributed by atoms with Gasteiger partial charge >= 0.3 is 0 Å². The van der Waals surface area contributed by atoms with Gasteiger partial charge in [-0.25, -0.2) is 4.98 Å². The number of amides is 2. The van der Waals surface area contributed by atoms with E-state index in [0.29, 0.717) is 33.7 Å². The summed E-state index contributed by atoms with van der Waals surface area (Å²) in [6, 6.07) is 3.59. The summed E-state index contributed by atoms with van der Waals surface area (Å²) in [6.45, 7) is 7.19. The van der Waals surface area contributed by atoms with Gasteiger partial charge in [-0.2, -0.15) is 5.10 Å². The van der Waals surface area contributed by atoms with Gasteiger partial charge in [0.05, 0.1) is 32.9 Å². The van der Waals surface area contributed by atoms with Crippen LogP contribution in [0.5, 0.6) is 0 Å². The van der Waals surface area contributed by atoms with Crippen molar-refractivity contribution < 1.29 is 9.59 Å². The average molecular weight is 474 g/mol. The first kappa shape index (κ1) is 20.4. The quantitative estimate of drug-likeness (QED) is 0.591. The van der Waals surface area contributed by atoms with Gasteiger partial charge in [-0.15, -0.1) is 0 Å². The van der Waals surface area contributed by atoms with Gasteiger partial charge in [-0.1, -0.05) is 6.92 Å². The molecule has 0 bridgehead atoms. The Labute approximate surface area is 182 Å². The van der Waals surface area contributed by atoms with Crippen LogP contribution < -0.4 is 16.0 Å². The number of primary amides is 1. The molecule has 0 fully saturated rings. The Kier molecular flexibility index (Phi) is 5.05. The minimum Gasteiger partial charge on any atom is -0.371 e. The van der Waals surface area contributed by atoms with Crippen LogP contribution >= 0.6 is 15.9 Å². The van der Waals surface area contributed by atoms with Crippen LogP contribution in [0.3, 0.4) is 0 Å². The van der Waals surface area contributed by atoms with E-state index in [1.54, 1.807) is 16.8 Å². The number of nitrogens with zero attached hydrogens (tertiary/aromatic N) is 5. The number of likely N-dealkylation sites (N-methyl/N-ethyl adjacent to an activating group) is 1. The molecule has 30 heavy (non-hydrogen) atoms. The highest BCUT2D eigenvalue weighted by Crippen LogP contribution is 2.39. The monoisotopic (exact) mass is 473 g/mol. The number of carbonyl (C=O) groups excluding carboxylic acids is 2. The molecule has 0 unspecified atom stereocenters. The number of hydrogen-bond acceptors (Lipinski definition) is 5. The van der Waals surface area contributed by atoms with Gasteiger partial charge in [0, 0.05) is 25.7 Å². The number of aryl methyl sites for hydroxylation is 2. The highest BCUT2D eigenvalue weighted by molar-refractivity contribution is 9.10. The Morgan fingerprint density at radius 2 is 2.07 bits per heavy atom. The Morgan fingerprint density at radius 3 is 2.70 bits per heavy atom. The standard InChI is InChI=1S/C20H24BrN7O2/c1-5-12-9-26(4)14-8-11(18(22)29)7-13-16(14)28(12)20(23-13)24-19(30)17-15(21)10(3)25-27(17)6-2/h7-8,12H,5-6,9H2,1-4H3,(H2,22,29)(H,23,24,30)/t12-/m0/s1. The minimum atomic E-state index is -0.509. The molecule has 2 amide bonds. The van der Waals surface area contributed by atoms with Crippen LogP contribution in [0.1, 0.15) is 52.9 Å². The fourth-order valence-corrected chi connectivity index (χ4v) is 4.52. The van der Waals surface area contributed by atoms with Crippen LogP contribution in [0.2, 0.25) is 0 Å². The molecular formula is C20H24BrN7O2. The highest BCUT2D eigenvalue weighted by Gasteiger charge is 2.30. The maximum absolute atomic E-state index is 13.2. The van der Waals surface area contributed by atoms with Crippen molar-refractivity contribution in [2.45, 2.75) is 39.8 Å². The summed E-state index contributed by atoms with van der Waals surface area (Å²) in [5, 5.41) is 7.37. The fourth-order valence-electron chi connectivity index (χ4n) is 4.06. The number of imidazole rings is 1. The summed E-state index contributed by atoms with van der Waals surface area (Å²) in [4.78, 5) is 31.7. The number of nitrogens with two attached hydrogens (primary N) is 1. The molecule has 1 aliphatic rings. The first-order valence-corrected chi connectivity index (χ1v) is 10.7.